The molecule has 0 bridgehead atoms. The van der Waals surface area contributed by atoms with Crippen molar-refractivity contribution in [2.24, 2.45) is 0 Å². The van der Waals surface area contributed by atoms with Gasteiger partial charge in [0.1, 0.15) is 0 Å². The molecule has 0 amide bonds. The van der Waals surface area contributed by atoms with E-state index in [1.807, 2.05) is 12.1 Å². The smallest absolute Gasteiger partial charge is 0.161 e. The standard InChI is InChI=1S/C27H35ClN2O2/c1-4-5-6-7-8-9-15-30-16-14-21-22-18-20(28)11-12-23(22)29-26(21)27(30)19-10-13-24(31-2)25(17-19)32-3/h10-13,17-18,27,29H,4-9,14-16H2,1-3H3. The summed E-state index contributed by atoms with van der Waals surface area (Å²) >= 11 is 6.34. The third-order valence-corrected chi connectivity index (χ3v) is 6.95. The highest BCUT2D eigenvalue weighted by Gasteiger charge is 2.32. The second-order valence-electron chi connectivity index (χ2n) is 8.78. The van der Waals surface area contributed by atoms with Crippen molar-refractivity contribution in [1.82, 2.24) is 9.88 Å². The van der Waals surface area contributed by atoms with Crippen LogP contribution in [0.15, 0.2) is 36.4 Å². The van der Waals surface area contributed by atoms with E-state index in [1.54, 1.807) is 14.2 Å². The molecule has 32 heavy (non-hydrogen) atoms. The van der Waals surface area contributed by atoms with E-state index in [4.69, 9.17) is 21.1 Å². The molecular weight excluding hydrogens is 420 g/mol. The summed E-state index contributed by atoms with van der Waals surface area (Å²) in [5, 5.41) is 2.04. The number of halogens is 1. The first-order valence-corrected chi connectivity index (χ1v) is 12.3. The Kier molecular flexibility index (Phi) is 7.64. The molecule has 0 saturated heterocycles. The molecule has 1 aromatic heterocycles. The minimum atomic E-state index is 0.167. The first-order chi connectivity index (χ1) is 15.7. The number of hydrogen-bond acceptors (Lipinski definition) is 3. The topological polar surface area (TPSA) is 37.5 Å². The van der Waals surface area contributed by atoms with E-state index in [-0.39, 0.29) is 6.04 Å². The predicted octanol–water partition coefficient (Wildman–Crippen LogP) is 7.15. The van der Waals surface area contributed by atoms with Gasteiger partial charge < -0.3 is 14.5 Å². The Morgan fingerprint density at radius 3 is 2.53 bits per heavy atom. The molecule has 1 aliphatic heterocycles. The maximum Gasteiger partial charge on any atom is 0.161 e. The quantitative estimate of drug-likeness (QED) is 0.330. The first-order valence-electron chi connectivity index (χ1n) is 11.9. The van der Waals surface area contributed by atoms with Crippen LogP contribution < -0.4 is 9.47 Å². The van der Waals surface area contributed by atoms with E-state index in [0.29, 0.717) is 0 Å². The molecule has 2 heterocycles. The zero-order valence-electron chi connectivity index (χ0n) is 19.5. The van der Waals surface area contributed by atoms with Crippen LogP contribution in [-0.2, 0) is 6.42 Å². The highest BCUT2D eigenvalue weighted by atomic mass is 35.5. The molecule has 1 atom stereocenters. The van der Waals surface area contributed by atoms with Gasteiger partial charge in [-0.3, -0.25) is 4.90 Å². The predicted molar refractivity (Wildman–Crippen MR) is 133 cm³/mol. The molecule has 4 rings (SSSR count). The summed E-state index contributed by atoms with van der Waals surface area (Å²) in [6, 6.07) is 12.6. The van der Waals surface area contributed by atoms with E-state index in [9.17, 15) is 0 Å². The third-order valence-electron chi connectivity index (χ3n) is 6.71. The average molecular weight is 455 g/mol. The van der Waals surface area contributed by atoms with Crippen molar-refractivity contribution in [3.63, 3.8) is 0 Å². The molecule has 1 N–H and O–H groups in total. The third kappa shape index (κ3) is 4.77. The molecule has 3 aromatic rings. The number of hydrogen-bond donors (Lipinski definition) is 1. The van der Waals surface area contributed by atoms with Crippen LogP contribution >= 0.6 is 11.6 Å². The van der Waals surface area contributed by atoms with Crippen molar-refractivity contribution in [2.75, 3.05) is 27.3 Å². The Labute approximate surface area is 196 Å². The van der Waals surface area contributed by atoms with Crippen LogP contribution in [0.3, 0.4) is 0 Å². The van der Waals surface area contributed by atoms with Gasteiger partial charge in [0.25, 0.3) is 0 Å². The highest BCUT2D eigenvalue weighted by molar-refractivity contribution is 6.31. The molecule has 4 nitrogen and oxygen atoms in total. The van der Waals surface area contributed by atoms with Gasteiger partial charge in [-0.1, -0.05) is 56.7 Å². The molecule has 0 saturated carbocycles. The SMILES string of the molecule is CCCCCCCCN1CCc2c([nH]c3ccc(Cl)cc23)C1c1ccc(OC)c(OC)c1. The number of H-pyrrole nitrogens is 1. The lowest BCUT2D eigenvalue weighted by Gasteiger charge is -2.36. The van der Waals surface area contributed by atoms with Gasteiger partial charge in [0.05, 0.1) is 20.3 Å². The fourth-order valence-electron chi connectivity index (χ4n) is 5.05. The van der Waals surface area contributed by atoms with Crippen LogP contribution in [0, 0.1) is 0 Å². The van der Waals surface area contributed by atoms with E-state index < -0.39 is 0 Å². The highest BCUT2D eigenvalue weighted by Crippen LogP contribution is 2.41. The lowest BCUT2D eigenvalue weighted by atomic mass is 9.91. The molecular formula is C27H35ClN2O2. The zero-order valence-corrected chi connectivity index (χ0v) is 20.3. The first kappa shape index (κ1) is 23.0. The van der Waals surface area contributed by atoms with Crippen LogP contribution in [0.4, 0.5) is 0 Å². The average Bonchev–Trinajstić information content (AvgIpc) is 3.18. The Hall–Kier alpha value is -2.17. The number of methoxy groups -OCH3 is 2. The van der Waals surface area contributed by atoms with Gasteiger partial charge in [0.15, 0.2) is 11.5 Å². The van der Waals surface area contributed by atoms with E-state index in [2.05, 4.69) is 41.1 Å². The molecule has 1 aliphatic rings. The minimum Gasteiger partial charge on any atom is -0.493 e. The van der Waals surface area contributed by atoms with Crippen molar-refractivity contribution in [2.45, 2.75) is 57.9 Å². The molecule has 0 radical (unpaired) electrons. The molecule has 0 spiro atoms. The monoisotopic (exact) mass is 454 g/mol. The Morgan fingerprint density at radius 1 is 0.969 bits per heavy atom. The van der Waals surface area contributed by atoms with Crippen LogP contribution in [0.5, 0.6) is 11.5 Å². The number of nitrogens with one attached hydrogen (secondary N) is 1. The maximum atomic E-state index is 6.34. The van der Waals surface area contributed by atoms with Crippen LogP contribution in [0.25, 0.3) is 10.9 Å². The number of nitrogens with zero attached hydrogens (tertiary/aromatic N) is 1. The largest absolute Gasteiger partial charge is 0.493 e. The molecule has 0 fully saturated rings. The van der Waals surface area contributed by atoms with Crippen molar-refractivity contribution < 1.29 is 9.47 Å². The second kappa shape index (κ2) is 10.6. The van der Waals surface area contributed by atoms with Crippen molar-refractivity contribution >= 4 is 22.5 Å². The Balaban J connectivity index is 1.66. The van der Waals surface area contributed by atoms with Gasteiger partial charge in [-0.25, -0.2) is 0 Å². The van der Waals surface area contributed by atoms with E-state index in [0.717, 1.165) is 41.5 Å². The lowest BCUT2D eigenvalue weighted by molar-refractivity contribution is 0.205. The number of ether oxygens (including phenoxy) is 2. The van der Waals surface area contributed by atoms with Crippen LogP contribution in [0.2, 0.25) is 5.02 Å². The number of rotatable bonds is 10. The number of aromatic nitrogens is 1. The van der Waals surface area contributed by atoms with Crippen LogP contribution in [0.1, 0.15) is 68.3 Å². The number of benzene rings is 2. The Morgan fingerprint density at radius 2 is 1.75 bits per heavy atom. The molecule has 2 aromatic carbocycles. The maximum absolute atomic E-state index is 6.34. The molecule has 5 heteroatoms. The van der Waals surface area contributed by atoms with E-state index >= 15 is 0 Å². The zero-order chi connectivity index (χ0) is 22.5. The van der Waals surface area contributed by atoms with Gasteiger partial charge in [-0.15, -0.1) is 0 Å². The minimum absolute atomic E-state index is 0.167. The summed E-state index contributed by atoms with van der Waals surface area (Å²) in [5.74, 6) is 1.54. The summed E-state index contributed by atoms with van der Waals surface area (Å²) in [6.45, 7) is 4.41. The van der Waals surface area contributed by atoms with Gasteiger partial charge >= 0.3 is 0 Å². The molecule has 1 unspecified atom stereocenters. The molecule has 0 aliphatic carbocycles. The molecule has 172 valence electrons. The fraction of sp³-hybridized carbons (Fsp3) is 0.481. The normalized spacial score (nSPS) is 16.3. The van der Waals surface area contributed by atoms with Crippen molar-refractivity contribution in [1.29, 1.82) is 0 Å². The fourth-order valence-corrected chi connectivity index (χ4v) is 5.22. The van der Waals surface area contributed by atoms with Crippen molar-refractivity contribution in [3.8, 4) is 11.5 Å². The van der Waals surface area contributed by atoms with Gasteiger partial charge in [-0.2, -0.15) is 0 Å². The summed E-state index contributed by atoms with van der Waals surface area (Å²) in [5.41, 5.74) is 5.06. The van der Waals surface area contributed by atoms with Crippen LogP contribution in [-0.4, -0.2) is 37.2 Å². The summed E-state index contributed by atoms with van der Waals surface area (Å²) in [7, 11) is 3.38. The van der Waals surface area contributed by atoms with Gasteiger partial charge in [0.2, 0.25) is 0 Å². The Bertz CT molecular complexity index is 1050. The van der Waals surface area contributed by atoms with Gasteiger partial charge in [0, 0.05) is 28.2 Å². The van der Waals surface area contributed by atoms with Crippen molar-refractivity contribution in [3.05, 3.63) is 58.2 Å². The summed E-state index contributed by atoms with van der Waals surface area (Å²) < 4.78 is 11.1. The number of fused-ring (bicyclic) bond motifs is 3. The van der Waals surface area contributed by atoms with Gasteiger partial charge in [-0.05, 0) is 60.8 Å². The lowest BCUT2D eigenvalue weighted by Crippen LogP contribution is -2.36. The second-order valence-corrected chi connectivity index (χ2v) is 9.21. The van der Waals surface area contributed by atoms with E-state index in [1.165, 1.54) is 60.7 Å². The summed E-state index contributed by atoms with van der Waals surface area (Å²) in [6.07, 6.45) is 8.88. The number of aromatic amines is 1. The number of unbranched alkanes of at least 4 members (excludes halogenated alkanes) is 5. The summed E-state index contributed by atoms with van der Waals surface area (Å²) in [4.78, 5) is 6.36.